The maximum Gasteiger partial charge on any atom is 0.410 e. The van der Waals surface area contributed by atoms with Crippen molar-refractivity contribution in [2.75, 3.05) is 12.3 Å². The van der Waals surface area contributed by atoms with E-state index in [0.717, 1.165) is 12.8 Å². The summed E-state index contributed by atoms with van der Waals surface area (Å²) >= 11 is 0. The van der Waals surface area contributed by atoms with Gasteiger partial charge >= 0.3 is 6.09 Å². The summed E-state index contributed by atoms with van der Waals surface area (Å²) in [5, 5.41) is 0.452. The second kappa shape index (κ2) is 6.51. The van der Waals surface area contributed by atoms with E-state index in [-0.39, 0.29) is 12.1 Å². The van der Waals surface area contributed by atoms with Crippen LogP contribution in [-0.2, 0) is 15.5 Å². The molecule has 0 bridgehead atoms. The molecule has 1 aliphatic rings. The van der Waals surface area contributed by atoms with E-state index in [1.165, 1.54) is 12.4 Å². The molecule has 0 N–H and O–H groups in total. The van der Waals surface area contributed by atoms with Crippen LogP contribution in [0.1, 0.15) is 33.6 Å². The molecule has 1 aromatic rings. The number of amides is 1. The fraction of sp³-hybridized carbons (Fsp3) is 0.643. The van der Waals surface area contributed by atoms with Crippen molar-refractivity contribution in [3.8, 4) is 0 Å². The summed E-state index contributed by atoms with van der Waals surface area (Å²) in [6, 6.07) is -0.0670. The molecule has 21 heavy (non-hydrogen) atoms. The fourth-order valence-corrected chi connectivity index (χ4v) is 3.46. The highest BCUT2D eigenvalue weighted by molar-refractivity contribution is 7.85. The lowest BCUT2D eigenvalue weighted by atomic mass is 10.2. The van der Waals surface area contributed by atoms with E-state index in [9.17, 15) is 9.00 Å². The van der Waals surface area contributed by atoms with E-state index in [1.54, 1.807) is 11.1 Å². The molecule has 0 unspecified atom stereocenters. The Morgan fingerprint density at radius 2 is 2.24 bits per heavy atom. The van der Waals surface area contributed by atoms with E-state index in [0.29, 0.717) is 17.3 Å². The fourth-order valence-electron chi connectivity index (χ4n) is 2.23. The van der Waals surface area contributed by atoms with Gasteiger partial charge < -0.3 is 9.64 Å². The number of carbonyl (C=O) groups is 1. The lowest BCUT2D eigenvalue weighted by Gasteiger charge is -2.28. The summed E-state index contributed by atoms with van der Waals surface area (Å²) in [5.74, 6) is 0.373. The van der Waals surface area contributed by atoms with Crippen molar-refractivity contribution < 1.29 is 13.7 Å². The number of ether oxygens (including phenoxy) is 1. The van der Waals surface area contributed by atoms with Crippen LogP contribution >= 0.6 is 0 Å². The molecular formula is C14H21N3O3S. The van der Waals surface area contributed by atoms with Crippen molar-refractivity contribution in [1.29, 1.82) is 0 Å². The van der Waals surface area contributed by atoms with E-state index in [2.05, 4.69) is 9.97 Å². The highest BCUT2D eigenvalue weighted by Gasteiger charge is 2.33. The first-order chi connectivity index (χ1) is 9.87. The molecule has 2 heterocycles. The summed E-state index contributed by atoms with van der Waals surface area (Å²) in [6.07, 6.45) is 5.98. The smallest absolute Gasteiger partial charge is 0.410 e. The minimum atomic E-state index is -1.26. The van der Waals surface area contributed by atoms with Crippen LogP contribution in [-0.4, -0.2) is 49.1 Å². The largest absolute Gasteiger partial charge is 0.444 e. The van der Waals surface area contributed by atoms with Gasteiger partial charge in [-0.2, -0.15) is 0 Å². The predicted molar refractivity (Wildman–Crippen MR) is 79.3 cm³/mol. The summed E-state index contributed by atoms with van der Waals surface area (Å²) in [6.45, 7) is 6.17. The summed E-state index contributed by atoms with van der Waals surface area (Å²) in [4.78, 5) is 21.8. The Balaban J connectivity index is 1.99. The minimum Gasteiger partial charge on any atom is -0.444 e. The number of nitrogens with zero attached hydrogens (tertiary/aromatic N) is 3. The SMILES string of the molecule is CC(C)(C)OC(=O)N1CCC[C@H]1C[S@](=O)c1cnccn1. The van der Waals surface area contributed by atoms with Crippen LogP contribution < -0.4 is 0 Å². The second-order valence-corrected chi connectivity index (χ2v) is 7.47. The number of likely N-dealkylation sites (tertiary alicyclic amines) is 1. The first kappa shape index (κ1) is 15.9. The summed E-state index contributed by atoms with van der Waals surface area (Å²) in [7, 11) is -1.26. The topological polar surface area (TPSA) is 72.4 Å². The van der Waals surface area contributed by atoms with E-state index in [1.807, 2.05) is 20.8 Å². The van der Waals surface area contributed by atoms with Gasteiger partial charge in [-0.15, -0.1) is 0 Å². The number of carbonyl (C=O) groups excluding carboxylic acids is 1. The van der Waals surface area contributed by atoms with Crippen molar-refractivity contribution in [2.24, 2.45) is 0 Å². The second-order valence-electron chi connectivity index (χ2n) is 6.03. The summed E-state index contributed by atoms with van der Waals surface area (Å²) < 4.78 is 17.7. The molecule has 1 amide bonds. The van der Waals surface area contributed by atoms with Gasteiger partial charge in [-0.25, -0.2) is 9.78 Å². The zero-order valence-corrected chi connectivity index (χ0v) is 13.4. The van der Waals surface area contributed by atoms with Crippen molar-refractivity contribution in [2.45, 2.75) is 50.3 Å². The van der Waals surface area contributed by atoms with E-state index >= 15 is 0 Å². The predicted octanol–water partition coefficient (Wildman–Crippen LogP) is 1.98. The van der Waals surface area contributed by atoms with E-state index in [4.69, 9.17) is 4.74 Å². The molecule has 2 rings (SSSR count). The Morgan fingerprint density at radius 1 is 1.48 bits per heavy atom. The summed E-state index contributed by atoms with van der Waals surface area (Å²) in [5.41, 5.74) is -0.520. The van der Waals surface area contributed by atoms with E-state index < -0.39 is 16.4 Å². The average Bonchev–Trinajstić information content (AvgIpc) is 2.86. The molecule has 1 fully saturated rings. The molecule has 0 aromatic carbocycles. The van der Waals surface area contributed by atoms with Crippen LogP contribution in [0.3, 0.4) is 0 Å². The maximum absolute atomic E-state index is 12.3. The Bertz CT molecular complexity index is 516. The molecule has 2 atom stereocenters. The molecule has 1 saturated heterocycles. The molecular weight excluding hydrogens is 290 g/mol. The van der Waals surface area contributed by atoms with Gasteiger partial charge in [-0.1, -0.05) is 0 Å². The molecule has 0 aliphatic carbocycles. The van der Waals surface area contributed by atoms with Crippen molar-refractivity contribution in [1.82, 2.24) is 14.9 Å². The molecule has 0 saturated carbocycles. The zero-order chi connectivity index (χ0) is 15.5. The van der Waals surface area contributed by atoms with Crippen LogP contribution in [0.15, 0.2) is 23.6 Å². The molecule has 0 radical (unpaired) electrons. The van der Waals surface area contributed by atoms with Crippen molar-refractivity contribution in [3.63, 3.8) is 0 Å². The van der Waals surface area contributed by atoms with Crippen molar-refractivity contribution >= 4 is 16.9 Å². The van der Waals surface area contributed by atoms with Gasteiger partial charge in [0.2, 0.25) is 0 Å². The molecule has 1 aromatic heterocycles. The monoisotopic (exact) mass is 311 g/mol. The number of hydrogen-bond acceptors (Lipinski definition) is 5. The van der Waals surface area contributed by atoms with Crippen LogP contribution in [0.5, 0.6) is 0 Å². The third-order valence-corrected chi connectivity index (χ3v) is 4.49. The standard InChI is InChI=1S/C14H21N3O3S/c1-14(2,3)20-13(18)17-8-4-5-11(17)10-21(19)12-9-15-6-7-16-12/h6-7,9,11H,4-5,8,10H2,1-3H3/t11-,21-/m0/s1. The number of hydrogen-bond donors (Lipinski definition) is 0. The lowest BCUT2D eigenvalue weighted by molar-refractivity contribution is 0.0241. The quantitative estimate of drug-likeness (QED) is 0.853. The molecule has 6 nitrogen and oxygen atoms in total. The lowest BCUT2D eigenvalue weighted by Crippen LogP contribution is -2.42. The van der Waals surface area contributed by atoms with Crippen molar-refractivity contribution in [3.05, 3.63) is 18.6 Å². The van der Waals surface area contributed by atoms with Gasteiger partial charge in [-0.05, 0) is 33.6 Å². The van der Waals surface area contributed by atoms with Gasteiger partial charge in [0, 0.05) is 25.0 Å². The van der Waals surface area contributed by atoms with Gasteiger partial charge in [0.25, 0.3) is 0 Å². The Kier molecular flexibility index (Phi) is 4.92. The number of rotatable bonds is 3. The Morgan fingerprint density at radius 3 is 2.86 bits per heavy atom. The van der Waals surface area contributed by atoms with Crippen LogP contribution in [0, 0.1) is 0 Å². The molecule has 116 valence electrons. The van der Waals surface area contributed by atoms with Gasteiger partial charge in [-0.3, -0.25) is 9.19 Å². The Labute approximate surface area is 127 Å². The minimum absolute atomic E-state index is 0.0670. The number of aromatic nitrogens is 2. The third kappa shape index (κ3) is 4.49. The Hall–Kier alpha value is -1.50. The molecule has 1 aliphatic heterocycles. The van der Waals surface area contributed by atoms with Gasteiger partial charge in [0.05, 0.1) is 22.7 Å². The first-order valence-electron chi connectivity index (χ1n) is 7.01. The molecule has 7 heteroatoms. The van der Waals surface area contributed by atoms with Gasteiger partial charge in [0.15, 0.2) is 0 Å². The van der Waals surface area contributed by atoms with Crippen LogP contribution in [0.25, 0.3) is 0 Å². The molecule has 0 spiro atoms. The normalized spacial score (nSPS) is 20.3. The maximum atomic E-state index is 12.3. The van der Waals surface area contributed by atoms with Gasteiger partial charge in [0.1, 0.15) is 10.6 Å². The van der Waals surface area contributed by atoms with Crippen LogP contribution in [0.4, 0.5) is 4.79 Å². The average molecular weight is 311 g/mol. The third-order valence-electron chi connectivity index (χ3n) is 3.12. The first-order valence-corrected chi connectivity index (χ1v) is 8.33. The van der Waals surface area contributed by atoms with Crippen LogP contribution in [0.2, 0.25) is 0 Å². The highest BCUT2D eigenvalue weighted by Crippen LogP contribution is 2.22. The zero-order valence-electron chi connectivity index (χ0n) is 12.6. The highest BCUT2D eigenvalue weighted by atomic mass is 32.2.